The third-order valence-corrected chi connectivity index (χ3v) is 3.68. The first kappa shape index (κ1) is 25.9. The van der Waals surface area contributed by atoms with Crippen molar-refractivity contribution in [3.05, 3.63) is 41.5 Å². The second-order valence-corrected chi connectivity index (χ2v) is 5.97. The van der Waals surface area contributed by atoms with Crippen molar-refractivity contribution < 1.29 is 27.2 Å². The maximum atomic E-state index is 12.2. The summed E-state index contributed by atoms with van der Waals surface area (Å²) < 4.78 is 51.7. The fraction of sp³-hybridized carbons (Fsp3) is 0.500. The van der Waals surface area contributed by atoms with Crippen molar-refractivity contribution in [1.29, 1.82) is 0 Å². The van der Waals surface area contributed by atoms with Crippen molar-refractivity contribution in [3.63, 3.8) is 0 Å². The molecule has 0 amide bonds. The molecule has 0 fully saturated rings. The molecular weight excluding hydrogens is 518 g/mol. The molecule has 12 heteroatoms. The van der Waals surface area contributed by atoms with Gasteiger partial charge in [0.05, 0.1) is 6.54 Å². The summed E-state index contributed by atoms with van der Waals surface area (Å²) in [7, 11) is 1.61. The molecule has 8 nitrogen and oxygen atoms in total. The van der Waals surface area contributed by atoms with Gasteiger partial charge in [0.1, 0.15) is 11.9 Å². The van der Waals surface area contributed by atoms with Gasteiger partial charge in [-0.25, -0.2) is 0 Å². The first-order valence-corrected chi connectivity index (χ1v) is 8.97. The van der Waals surface area contributed by atoms with Gasteiger partial charge in [-0.3, -0.25) is 4.99 Å². The van der Waals surface area contributed by atoms with E-state index in [1.165, 1.54) is 12.1 Å². The van der Waals surface area contributed by atoms with Crippen LogP contribution >= 0.6 is 24.0 Å². The summed E-state index contributed by atoms with van der Waals surface area (Å²) >= 11 is 0. The number of rotatable bonds is 9. The largest absolute Gasteiger partial charge is 0.484 e. The van der Waals surface area contributed by atoms with E-state index in [4.69, 9.17) is 9.26 Å². The molecule has 0 aliphatic rings. The normalized spacial score (nSPS) is 12.8. The van der Waals surface area contributed by atoms with Crippen molar-refractivity contribution in [2.24, 2.45) is 4.99 Å². The van der Waals surface area contributed by atoms with Crippen LogP contribution in [0.3, 0.4) is 0 Å². The topological polar surface area (TPSA) is 93.8 Å². The predicted molar refractivity (Wildman–Crippen MR) is 115 cm³/mol. The molecule has 0 aliphatic heterocycles. The molecule has 0 spiro atoms. The Morgan fingerprint density at radius 2 is 1.87 bits per heavy atom. The highest BCUT2D eigenvalue weighted by Gasteiger charge is 2.28. The lowest BCUT2D eigenvalue weighted by Gasteiger charge is -2.12. The van der Waals surface area contributed by atoms with E-state index in [0.29, 0.717) is 30.8 Å². The van der Waals surface area contributed by atoms with Crippen LogP contribution in [0.1, 0.15) is 37.2 Å². The Morgan fingerprint density at radius 3 is 2.47 bits per heavy atom. The van der Waals surface area contributed by atoms with Crippen LogP contribution < -0.4 is 15.4 Å². The van der Waals surface area contributed by atoms with Gasteiger partial charge in [-0.15, -0.1) is 24.0 Å². The van der Waals surface area contributed by atoms with Crippen molar-refractivity contribution in [3.8, 4) is 5.75 Å². The number of aliphatic imine (C=N–C) groups is 1. The minimum absolute atomic E-state index is 0. The number of nitrogens with zero attached hydrogens (tertiary/aromatic N) is 3. The lowest BCUT2D eigenvalue weighted by atomic mass is 10.2. The molecule has 0 radical (unpaired) electrons. The minimum atomic E-state index is -4.36. The number of guanidine groups is 1. The molecule has 1 aromatic carbocycles. The van der Waals surface area contributed by atoms with Gasteiger partial charge in [0.25, 0.3) is 0 Å². The summed E-state index contributed by atoms with van der Waals surface area (Å²) in [5, 5.41) is 10.0. The molecule has 1 heterocycles. The molecule has 0 bridgehead atoms. The number of hydrogen-bond acceptors (Lipinski definition) is 6. The monoisotopic (exact) mass is 543 g/mol. The summed E-state index contributed by atoms with van der Waals surface area (Å²) in [6, 6.07) is 6.31. The molecular formula is C18H25F3IN5O3. The van der Waals surface area contributed by atoms with Gasteiger partial charge < -0.3 is 24.6 Å². The van der Waals surface area contributed by atoms with Gasteiger partial charge in [-0.2, -0.15) is 18.2 Å². The van der Waals surface area contributed by atoms with Crippen LogP contribution in [0.5, 0.6) is 5.75 Å². The Labute approximate surface area is 189 Å². The van der Waals surface area contributed by atoms with Gasteiger partial charge in [-0.05, 0) is 31.5 Å². The predicted octanol–water partition coefficient (Wildman–Crippen LogP) is 3.59. The highest BCUT2D eigenvalue weighted by Crippen LogP contribution is 2.18. The van der Waals surface area contributed by atoms with Crippen molar-refractivity contribution in [2.45, 2.75) is 39.2 Å². The standard InChI is InChI=1S/C18H24F3N5O3.HI/c1-4-27-12(2)16-25-15(29-26-16)10-24-17(22-3)23-9-13-5-7-14(8-6-13)28-11-18(19,20)21;/h5-8,12H,4,9-11H2,1-3H3,(H2,22,23,24);1H. The lowest BCUT2D eigenvalue weighted by Crippen LogP contribution is -2.36. The SMILES string of the molecule is CCOC(C)c1noc(CNC(=NC)NCc2ccc(OCC(F)(F)F)cc2)n1.I. The Morgan fingerprint density at radius 1 is 1.20 bits per heavy atom. The molecule has 1 unspecified atom stereocenters. The second-order valence-electron chi connectivity index (χ2n) is 5.97. The van der Waals surface area contributed by atoms with Gasteiger partial charge >= 0.3 is 6.18 Å². The average molecular weight is 543 g/mol. The molecule has 2 rings (SSSR count). The van der Waals surface area contributed by atoms with Gasteiger partial charge in [-0.1, -0.05) is 17.3 Å². The van der Waals surface area contributed by atoms with Gasteiger partial charge in [0.15, 0.2) is 18.4 Å². The van der Waals surface area contributed by atoms with E-state index in [1.807, 2.05) is 13.8 Å². The number of alkyl halides is 3. The summed E-state index contributed by atoms with van der Waals surface area (Å²) in [6.07, 6.45) is -4.61. The zero-order valence-corrected chi connectivity index (χ0v) is 19.2. The maximum absolute atomic E-state index is 12.2. The smallest absolute Gasteiger partial charge is 0.422 e. The molecule has 1 atom stereocenters. The van der Waals surface area contributed by atoms with Crippen LogP contribution in [0.4, 0.5) is 13.2 Å². The van der Waals surface area contributed by atoms with Crippen LogP contribution in [0.15, 0.2) is 33.8 Å². The van der Waals surface area contributed by atoms with Crippen molar-refractivity contribution >= 4 is 29.9 Å². The Kier molecular flexibility index (Phi) is 10.9. The number of ether oxygens (including phenoxy) is 2. The lowest BCUT2D eigenvalue weighted by molar-refractivity contribution is -0.153. The number of benzene rings is 1. The van der Waals surface area contributed by atoms with Crippen LogP contribution in [0.2, 0.25) is 0 Å². The molecule has 2 N–H and O–H groups in total. The van der Waals surface area contributed by atoms with E-state index in [2.05, 4.69) is 30.5 Å². The quantitative estimate of drug-likeness (QED) is 0.284. The molecule has 0 aliphatic carbocycles. The van der Waals surface area contributed by atoms with Crippen LogP contribution in [-0.4, -0.2) is 42.5 Å². The van der Waals surface area contributed by atoms with Gasteiger partial charge in [0, 0.05) is 20.2 Å². The number of nitrogens with one attached hydrogen (secondary N) is 2. The first-order valence-electron chi connectivity index (χ1n) is 8.97. The van der Waals surface area contributed by atoms with E-state index in [0.717, 1.165) is 5.56 Å². The van der Waals surface area contributed by atoms with E-state index in [-0.39, 0.29) is 42.4 Å². The van der Waals surface area contributed by atoms with Crippen LogP contribution in [0, 0.1) is 0 Å². The summed E-state index contributed by atoms with van der Waals surface area (Å²) in [5.41, 5.74) is 0.845. The highest BCUT2D eigenvalue weighted by molar-refractivity contribution is 14.0. The van der Waals surface area contributed by atoms with E-state index in [1.54, 1.807) is 19.2 Å². The number of aromatic nitrogens is 2. The molecule has 168 valence electrons. The van der Waals surface area contributed by atoms with E-state index in [9.17, 15) is 13.2 Å². The second kappa shape index (κ2) is 12.6. The number of halogens is 4. The summed E-state index contributed by atoms with van der Waals surface area (Å²) in [5.74, 6) is 1.52. The van der Waals surface area contributed by atoms with Crippen molar-refractivity contribution in [2.75, 3.05) is 20.3 Å². The van der Waals surface area contributed by atoms with Crippen molar-refractivity contribution in [1.82, 2.24) is 20.8 Å². The molecule has 0 saturated heterocycles. The fourth-order valence-corrected chi connectivity index (χ4v) is 2.26. The highest BCUT2D eigenvalue weighted by atomic mass is 127. The summed E-state index contributed by atoms with van der Waals surface area (Å²) in [4.78, 5) is 8.35. The van der Waals surface area contributed by atoms with Crippen LogP contribution in [0.25, 0.3) is 0 Å². The zero-order chi connectivity index (χ0) is 21.3. The molecule has 30 heavy (non-hydrogen) atoms. The third kappa shape index (κ3) is 9.15. The average Bonchev–Trinajstić information content (AvgIpc) is 3.16. The Bertz CT molecular complexity index is 784. The van der Waals surface area contributed by atoms with Gasteiger partial charge in [0.2, 0.25) is 5.89 Å². The Balaban J connectivity index is 0.00000450. The summed E-state index contributed by atoms with van der Waals surface area (Å²) in [6.45, 7) is 3.64. The maximum Gasteiger partial charge on any atom is 0.422 e. The molecule has 1 aromatic heterocycles. The third-order valence-electron chi connectivity index (χ3n) is 3.68. The minimum Gasteiger partial charge on any atom is -0.484 e. The number of hydrogen-bond donors (Lipinski definition) is 2. The fourth-order valence-electron chi connectivity index (χ4n) is 2.26. The molecule has 2 aromatic rings. The Hall–Kier alpha value is -2.09. The first-order chi connectivity index (χ1) is 13.8. The zero-order valence-electron chi connectivity index (χ0n) is 16.8. The van der Waals surface area contributed by atoms with Crippen LogP contribution in [-0.2, 0) is 17.8 Å². The van der Waals surface area contributed by atoms with E-state index < -0.39 is 12.8 Å². The van der Waals surface area contributed by atoms with E-state index >= 15 is 0 Å². The molecule has 0 saturated carbocycles.